The van der Waals surface area contributed by atoms with Crippen LogP contribution >= 0.6 is 23.2 Å². The predicted molar refractivity (Wildman–Crippen MR) is 147 cm³/mol. The number of hydrogen-bond acceptors (Lipinski definition) is 1. The van der Waals surface area contributed by atoms with Gasteiger partial charge in [0.05, 0.1) is 10.0 Å². The molecule has 2 aromatic carbocycles. The van der Waals surface area contributed by atoms with Gasteiger partial charge in [0.15, 0.2) is 0 Å². The third-order valence-electron chi connectivity index (χ3n) is 5.71. The van der Waals surface area contributed by atoms with Crippen LogP contribution in [0.2, 0.25) is 10.0 Å². The van der Waals surface area contributed by atoms with Crippen molar-refractivity contribution in [2.24, 2.45) is 0 Å². The van der Waals surface area contributed by atoms with Crippen molar-refractivity contribution in [3.63, 3.8) is 0 Å². The fourth-order valence-electron chi connectivity index (χ4n) is 3.96. The van der Waals surface area contributed by atoms with E-state index in [9.17, 15) is 4.48 Å². The molecular weight excluding hydrogens is 466 g/mol. The lowest BCUT2D eigenvalue weighted by Crippen LogP contribution is -2.31. The van der Waals surface area contributed by atoms with Gasteiger partial charge in [-0.3, -0.25) is 0 Å². The van der Waals surface area contributed by atoms with Gasteiger partial charge >= 0.3 is 0 Å². The first kappa shape index (κ1) is 25.6. The predicted octanol–water partition coefficient (Wildman–Crippen LogP) is 8.10. The van der Waals surface area contributed by atoms with Gasteiger partial charge in [-0.1, -0.05) is 83.2 Å². The summed E-state index contributed by atoms with van der Waals surface area (Å²) in [5.74, 6) is 0. The number of allylic oxidation sites excluding steroid dienone is 6. The van der Waals surface area contributed by atoms with E-state index >= 15 is 0 Å². The molecule has 2 nitrogen and oxygen atoms in total. The average molecular weight is 495 g/mol. The second-order valence-electron chi connectivity index (χ2n) is 7.80. The molecule has 0 aliphatic rings. The van der Waals surface area contributed by atoms with Crippen LogP contribution in [0.5, 0.6) is 0 Å². The van der Waals surface area contributed by atoms with Gasteiger partial charge in [-0.15, -0.1) is 0 Å². The first-order valence-corrected chi connectivity index (χ1v) is 12.0. The van der Waals surface area contributed by atoms with E-state index in [0.717, 1.165) is 34.3 Å². The van der Waals surface area contributed by atoms with Gasteiger partial charge in [0.25, 0.3) is 0 Å². The molecule has 0 fully saturated rings. The molecule has 0 spiro atoms. The molecule has 176 valence electrons. The Morgan fingerprint density at radius 1 is 1.09 bits per heavy atom. The van der Waals surface area contributed by atoms with Gasteiger partial charge in [0.1, 0.15) is 5.52 Å². The Bertz CT molecular complexity index is 1410. The van der Waals surface area contributed by atoms with Crippen molar-refractivity contribution in [2.75, 3.05) is 4.90 Å². The van der Waals surface area contributed by atoms with Crippen molar-refractivity contribution in [3.8, 4) is 0 Å². The lowest BCUT2D eigenvalue weighted by molar-refractivity contribution is 0.388. The van der Waals surface area contributed by atoms with E-state index in [1.807, 2.05) is 81.5 Å². The number of fused-ring (bicyclic) bond motifs is 1. The van der Waals surface area contributed by atoms with E-state index in [1.54, 1.807) is 12.1 Å². The van der Waals surface area contributed by atoms with Crippen LogP contribution in [0.1, 0.15) is 34.1 Å². The number of nitrogens with zero attached hydrogens (tertiary/aromatic N) is 2. The Labute approximate surface area is 210 Å². The molecule has 3 rings (SSSR count). The number of benzene rings is 2. The van der Waals surface area contributed by atoms with Gasteiger partial charge < -0.3 is 4.90 Å². The molecule has 0 saturated carbocycles. The highest BCUT2D eigenvalue weighted by atomic mass is 35.5. The zero-order valence-corrected chi connectivity index (χ0v) is 21.5. The molecule has 0 saturated heterocycles. The summed E-state index contributed by atoms with van der Waals surface area (Å²) in [6.45, 7) is 11.9. The van der Waals surface area contributed by atoms with Gasteiger partial charge in [-0.05, 0) is 63.6 Å². The number of rotatable bonds is 7. The molecule has 1 aromatic heterocycles. The summed E-state index contributed by atoms with van der Waals surface area (Å²) in [7, 11) is 0. The lowest BCUT2D eigenvalue weighted by Gasteiger charge is -2.27. The molecule has 1 heterocycles. The van der Waals surface area contributed by atoms with Crippen LogP contribution in [0.4, 0.5) is 10.2 Å². The monoisotopic (exact) mass is 494 g/mol. The fourth-order valence-corrected chi connectivity index (χ4v) is 4.71. The summed E-state index contributed by atoms with van der Waals surface area (Å²) in [6.07, 6.45) is 13.8. The van der Waals surface area contributed by atoms with Crippen molar-refractivity contribution in [1.29, 1.82) is 0 Å². The smallest absolute Gasteiger partial charge is 0.102 e. The second kappa shape index (κ2) is 11.4. The molecule has 0 atom stereocenters. The van der Waals surface area contributed by atoms with E-state index < -0.39 is 0 Å². The summed E-state index contributed by atoms with van der Waals surface area (Å²) in [5.41, 5.74) is 4.08. The Balaban J connectivity index is 2.47. The molecule has 0 bridgehead atoms. The van der Waals surface area contributed by atoms with Crippen molar-refractivity contribution in [3.05, 3.63) is 111 Å². The van der Waals surface area contributed by atoms with E-state index in [2.05, 4.69) is 18.4 Å². The molecular formula is C29H29Cl2FN2. The van der Waals surface area contributed by atoms with Crippen molar-refractivity contribution >= 4 is 51.4 Å². The normalized spacial score (nSPS) is 14.3. The Morgan fingerprint density at radius 2 is 1.79 bits per heavy atom. The standard InChI is InChI=1S/C29H29Cl2FN2/c1-6-13-22(14-7-2)34(23-15-11-10-12-16-23)21(9-4)19-25-26(20(5)8-3)27(30)24-17-18-33(32)29(24)28(25)31/h6-7,9-19H,1,8H2,2-5H3/b14-7-,21-9+,22-13+,25-19+,26-20-. The highest BCUT2D eigenvalue weighted by molar-refractivity contribution is 6.40. The molecule has 0 amide bonds. The van der Waals surface area contributed by atoms with Crippen molar-refractivity contribution in [1.82, 2.24) is 4.79 Å². The minimum absolute atomic E-state index is 0.266. The summed E-state index contributed by atoms with van der Waals surface area (Å²) in [4.78, 5) is 2.63. The quantitative estimate of drug-likeness (QED) is 0.301. The van der Waals surface area contributed by atoms with Crippen LogP contribution < -0.4 is 15.3 Å². The van der Waals surface area contributed by atoms with Crippen LogP contribution in [0.15, 0.2) is 90.9 Å². The third-order valence-corrected chi connectivity index (χ3v) is 6.49. The highest BCUT2D eigenvalue weighted by Crippen LogP contribution is 2.29. The SMILES string of the molecule is C=C/C=C(\C=C/C)N(C(=C/C)/C=c1/c(Cl)c2c(ccn2F)c(Cl)/c1=C(/C)CC)c1ccccc1. The maximum atomic E-state index is 14.7. The fraction of sp³-hybridized carbons (Fsp3) is 0.172. The van der Waals surface area contributed by atoms with E-state index in [4.69, 9.17) is 23.2 Å². The van der Waals surface area contributed by atoms with Crippen LogP contribution in [0.3, 0.4) is 0 Å². The van der Waals surface area contributed by atoms with Gasteiger partial charge in [-0.25, -0.2) is 0 Å². The third kappa shape index (κ3) is 4.91. The van der Waals surface area contributed by atoms with Gasteiger partial charge in [0, 0.05) is 39.1 Å². The van der Waals surface area contributed by atoms with E-state index in [1.165, 1.54) is 6.20 Å². The maximum absolute atomic E-state index is 14.7. The minimum Gasteiger partial charge on any atom is -0.311 e. The van der Waals surface area contributed by atoms with Gasteiger partial charge in [0.2, 0.25) is 0 Å². The number of aromatic nitrogens is 1. The largest absolute Gasteiger partial charge is 0.311 e. The molecule has 34 heavy (non-hydrogen) atoms. The Hall–Kier alpha value is -3.01. The highest BCUT2D eigenvalue weighted by Gasteiger charge is 2.17. The zero-order chi connectivity index (χ0) is 24.8. The Kier molecular flexibility index (Phi) is 8.60. The lowest BCUT2D eigenvalue weighted by atomic mass is 10.1. The van der Waals surface area contributed by atoms with Crippen molar-refractivity contribution in [2.45, 2.75) is 34.1 Å². The minimum atomic E-state index is 0.266. The zero-order valence-electron chi connectivity index (χ0n) is 19.9. The van der Waals surface area contributed by atoms with Crippen LogP contribution in [0.25, 0.3) is 22.6 Å². The maximum Gasteiger partial charge on any atom is 0.102 e. The summed E-state index contributed by atoms with van der Waals surface area (Å²) in [6, 6.07) is 11.7. The Morgan fingerprint density at radius 3 is 2.38 bits per heavy atom. The number of halogens is 3. The first-order chi connectivity index (χ1) is 16.4. The average Bonchev–Trinajstić information content (AvgIpc) is 3.24. The van der Waals surface area contributed by atoms with Crippen LogP contribution in [0, 0.1) is 0 Å². The van der Waals surface area contributed by atoms with Gasteiger partial charge in [-0.2, -0.15) is 4.79 Å². The van der Waals surface area contributed by atoms with Crippen LogP contribution in [-0.4, -0.2) is 4.79 Å². The molecule has 0 aliphatic heterocycles. The molecule has 0 N–H and O–H groups in total. The second-order valence-corrected chi connectivity index (χ2v) is 8.55. The summed E-state index contributed by atoms with van der Waals surface area (Å²) < 4.78 is 14.7. The molecule has 5 heteroatoms. The number of anilines is 1. The number of para-hydroxylation sites is 1. The van der Waals surface area contributed by atoms with Crippen LogP contribution in [-0.2, 0) is 0 Å². The molecule has 3 aromatic rings. The van der Waals surface area contributed by atoms with Crippen molar-refractivity contribution < 1.29 is 4.48 Å². The summed E-state index contributed by atoms with van der Waals surface area (Å²) >= 11 is 13.7. The molecule has 0 radical (unpaired) electrons. The molecule has 0 unspecified atom stereocenters. The summed E-state index contributed by atoms with van der Waals surface area (Å²) in [5, 5.41) is 2.93. The van der Waals surface area contributed by atoms with E-state index in [0.29, 0.717) is 25.4 Å². The first-order valence-electron chi connectivity index (χ1n) is 11.2. The van der Waals surface area contributed by atoms with E-state index in [-0.39, 0.29) is 5.52 Å². The topological polar surface area (TPSA) is 8.17 Å². The number of hydrogen-bond donors (Lipinski definition) is 0. The molecule has 0 aliphatic carbocycles.